The highest BCUT2D eigenvalue weighted by molar-refractivity contribution is 6.42. The summed E-state index contributed by atoms with van der Waals surface area (Å²) in [7, 11) is 0. The zero-order chi connectivity index (χ0) is 24.0. The SMILES string of the molecule is CC(C)(C)c1ccc(-c2noc(C(=O)NCCNC(=O)COc3ccc(Cl)c(Cl)c3)n2)cc1. The molecule has 3 rings (SSSR count). The summed E-state index contributed by atoms with van der Waals surface area (Å²) in [5.74, 6) is -0.281. The monoisotopic (exact) mass is 490 g/mol. The van der Waals surface area contributed by atoms with E-state index in [2.05, 4.69) is 41.5 Å². The molecule has 1 aromatic heterocycles. The van der Waals surface area contributed by atoms with E-state index in [4.69, 9.17) is 32.5 Å². The molecule has 2 amide bonds. The van der Waals surface area contributed by atoms with Crippen LogP contribution in [0.3, 0.4) is 0 Å². The summed E-state index contributed by atoms with van der Waals surface area (Å²) in [6, 6.07) is 12.5. The fourth-order valence-corrected chi connectivity index (χ4v) is 3.06. The lowest BCUT2D eigenvalue weighted by molar-refractivity contribution is -0.123. The number of hydrogen-bond acceptors (Lipinski definition) is 6. The molecule has 0 fully saturated rings. The molecule has 0 atom stereocenters. The van der Waals surface area contributed by atoms with Gasteiger partial charge in [0.05, 0.1) is 10.0 Å². The first-order valence-corrected chi connectivity index (χ1v) is 11.0. The van der Waals surface area contributed by atoms with Gasteiger partial charge in [-0.2, -0.15) is 4.98 Å². The van der Waals surface area contributed by atoms with Crippen LogP contribution in [0.4, 0.5) is 0 Å². The third-order valence-electron chi connectivity index (χ3n) is 4.62. The summed E-state index contributed by atoms with van der Waals surface area (Å²) in [5.41, 5.74) is 1.96. The summed E-state index contributed by atoms with van der Waals surface area (Å²) < 4.78 is 10.4. The van der Waals surface area contributed by atoms with Crippen molar-refractivity contribution in [3.63, 3.8) is 0 Å². The summed E-state index contributed by atoms with van der Waals surface area (Å²) in [6.45, 7) is 6.56. The molecule has 0 aliphatic rings. The number of carbonyl (C=O) groups is 2. The second-order valence-electron chi connectivity index (χ2n) is 8.22. The van der Waals surface area contributed by atoms with Gasteiger partial charge in [0.2, 0.25) is 5.82 Å². The largest absolute Gasteiger partial charge is 0.484 e. The second kappa shape index (κ2) is 10.7. The molecule has 0 bridgehead atoms. The topological polar surface area (TPSA) is 106 Å². The first-order chi connectivity index (χ1) is 15.6. The third kappa shape index (κ3) is 6.94. The maximum atomic E-state index is 12.2. The first kappa shape index (κ1) is 24.5. The van der Waals surface area contributed by atoms with Gasteiger partial charge >= 0.3 is 11.8 Å². The van der Waals surface area contributed by atoms with Gasteiger partial charge in [-0.1, -0.05) is 73.4 Å². The highest BCUT2D eigenvalue weighted by Gasteiger charge is 2.17. The summed E-state index contributed by atoms with van der Waals surface area (Å²) in [4.78, 5) is 28.2. The Morgan fingerprint density at radius 1 is 1.00 bits per heavy atom. The zero-order valence-corrected chi connectivity index (χ0v) is 20.0. The van der Waals surface area contributed by atoms with Crippen LogP contribution in [0.15, 0.2) is 47.0 Å². The number of hydrogen-bond donors (Lipinski definition) is 2. The molecule has 0 aliphatic heterocycles. The Balaban J connectivity index is 1.41. The second-order valence-corrected chi connectivity index (χ2v) is 9.04. The van der Waals surface area contributed by atoms with Crippen molar-refractivity contribution >= 4 is 35.0 Å². The van der Waals surface area contributed by atoms with Gasteiger partial charge in [-0.15, -0.1) is 0 Å². The van der Waals surface area contributed by atoms with Crippen LogP contribution in [0.1, 0.15) is 37.0 Å². The fourth-order valence-electron chi connectivity index (χ4n) is 2.77. The van der Waals surface area contributed by atoms with Crippen LogP contribution in [-0.2, 0) is 10.2 Å². The lowest BCUT2D eigenvalue weighted by Crippen LogP contribution is -2.36. The summed E-state index contributed by atoms with van der Waals surface area (Å²) in [5, 5.41) is 9.85. The molecule has 2 aromatic carbocycles. The van der Waals surface area contributed by atoms with E-state index in [1.54, 1.807) is 12.1 Å². The minimum Gasteiger partial charge on any atom is -0.484 e. The van der Waals surface area contributed by atoms with Crippen molar-refractivity contribution in [2.45, 2.75) is 26.2 Å². The number of aromatic nitrogens is 2. The number of carbonyl (C=O) groups excluding carboxylic acids is 2. The molecule has 1 heterocycles. The van der Waals surface area contributed by atoms with Crippen molar-refractivity contribution in [1.82, 2.24) is 20.8 Å². The average Bonchev–Trinajstić information content (AvgIpc) is 3.27. The van der Waals surface area contributed by atoms with Gasteiger partial charge < -0.3 is 19.9 Å². The smallest absolute Gasteiger partial charge is 0.316 e. The van der Waals surface area contributed by atoms with E-state index in [-0.39, 0.29) is 36.9 Å². The predicted molar refractivity (Wildman–Crippen MR) is 126 cm³/mol. The van der Waals surface area contributed by atoms with Crippen LogP contribution in [0.5, 0.6) is 5.75 Å². The van der Waals surface area contributed by atoms with Crippen LogP contribution in [-0.4, -0.2) is 41.7 Å². The summed E-state index contributed by atoms with van der Waals surface area (Å²) in [6.07, 6.45) is 0. The van der Waals surface area contributed by atoms with Gasteiger partial charge in [-0.05, 0) is 23.1 Å². The van der Waals surface area contributed by atoms with E-state index < -0.39 is 5.91 Å². The molecule has 33 heavy (non-hydrogen) atoms. The van der Waals surface area contributed by atoms with Crippen LogP contribution in [0.25, 0.3) is 11.4 Å². The summed E-state index contributed by atoms with van der Waals surface area (Å²) >= 11 is 11.7. The molecule has 10 heteroatoms. The molecule has 0 aliphatic carbocycles. The highest BCUT2D eigenvalue weighted by atomic mass is 35.5. The Hall–Kier alpha value is -3.10. The van der Waals surface area contributed by atoms with E-state index >= 15 is 0 Å². The molecule has 3 aromatic rings. The van der Waals surface area contributed by atoms with Crippen LogP contribution in [0.2, 0.25) is 10.0 Å². The number of benzene rings is 2. The Morgan fingerprint density at radius 2 is 1.70 bits per heavy atom. The number of nitrogens with zero attached hydrogens (tertiary/aromatic N) is 2. The number of halogens is 2. The number of amides is 2. The van der Waals surface area contributed by atoms with Crippen molar-refractivity contribution in [2.24, 2.45) is 0 Å². The van der Waals surface area contributed by atoms with Gasteiger partial charge in [-0.25, -0.2) is 0 Å². The van der Waals surface area contributed by atoms with Crippen LogP contribution in [0, 0.1) is 0 Å². The Bertz CT molecular complexity index is 1120. The molecule has 2 N–H and O–H groups in total. The lowest BCUT2D eigenvalue weighted by atomic mass is 9.87. The molecule has 0 saturated carbocycles. The molecular formula is C23H24Cl2N4O4. The van der Waals surface area contributed by atoms with Crippen LogP contribution >= 0.6 is 23.2 Å². The molecule has 0 unspecified atom stereocenters. The third-order valence-corrected chi connectivity index (χ3v) is 5.36. The molecule has 0 radical (unpaired) electrons. The predicted octanol–water partition coefficient (Wildman–Crippen LogP) is 4.27. The minimum absolute atomic E-state index is 0.0337. The van der Waals surface area contributed by atoms with Crippen molar-refractivity contribution in [3.8, 4) is 17.1 Å². The average molecular weight is 491 g/mol. The number of nitrogens with one attached hydrogen (secondary N) is 2. The zero-order valence-electron chi connectivity index (χ0n) is 18.4. The molecule has 8 nitrogen and oxygen atoms in total. The van der Waals surface area contributed by atoms with Crippen molar-refractivity contribution in [3.05, 3.63) is 64.0 Å². The van der Waals surface area contributed by atoms with Gasteiger partial charge in [-0.3, -0.25) is 9.59 Å². The standard InChI is InChI=1S/C23H24Cl2N4O4/c1-23(2,3)15-6-4-14(5-7-15)20-28-22(33-29-20)21(31)27-11-10-26-19(30)13-32-16-8-9-17(24)18(25)12-16/h4-9,12H,10-11,13H2,1-3H3,(H,26,30)(H,27,31). The highest BCUT2D eigenvalue weighted by Crippen LogP contribution is 2.26. The normalized spacial score (nSPS) is 11.2. The van der Waals surface area contributed by atoms with Crippen molar-refractivity contribution in [1.29, 1.82) is 0 Å². The van der Waals surface area contributed by atoms with Crippen molar-refractivity contribution in [2.75, 3.05) is 19.7 Å². The Labute approximate surface area is 201 Å². The van der Waals surface area contributed by atoms with Gasteiger partial charge in [0.1, 0.15) is 5.75 Å². The molecule has 0 saturated heterocycles. The first-order valence-electron chi connectivity index (χ1n) is 10.2. The maximum Gasteiger partial charge on any atom is 0.316 e. The number of rotatable bonds is 8. The maximum absolute atomic E-state index is 12.2. The minimum atomic E-state index is -0.527. The van der Waals surface area contributed by atoms with E-state index in [0.717, 1.165) is 5.56 Å². The van der Waals surface area contributed by atoms with E-state index in [9.17, 15) is 9.59 Å². The van der Waals surface area contributed by atoms with Crippen LogP contribution < -0.4 is 15.4 Å². The fraction of sp³-hybridized carbons (Fsp3) is 0.304. The van der Waals surface area contributed by atoms with E-state index in [0.29, 0.717) is 21.6 Å². The Morgan fingerprint density at radius 3 is 2.36 bits per heavy atom. The van der Waals surface area contributed by atoms with Crippen molar-refractivity contribution < 1.29 is 18.8 Å². The lowest BCUT2D eigenvalue weighted by Gasteiger charge is -2.18. The number of ether oxygens (including phenoxy) is 1. The molecular weight excluding hydrogens is 467 g/mol. The van der Waals surface area contributed by atoms with Gasteiger partial charge in [0.25, 0.3) is 5.91 Å². The van der Waals surface area contributed by atoms with E-state index in [1.807, 2.05) is 24.3 Å². The molecule has 174 valence electrons. The molecule has 0 spiro atoms. The quantitative estimate of drug-likeness (QED) is 0.456. The van der Waals surface area contributed by atoms with Gasteiger partial charge in [0, 0.05) is 24.7 Å². The Kier molecular flexibility index (Phi) is 7.94. The van der Waals surface area contributed by atoms with Gasteiger partial charge in [0.15, 0.2) is 6.61 Å². The van der Waals surface area contributed by atoms with E-state index in [1.165, 1.54) is 11.6 Å².